The third-order valence-corrected chi connectivity index (χ3v) is 5.60. The summed E-state index contributed by atoms with van der Waals surface area (Å²) in [6.07, 6.45) is 3.68. The summed E-state index contributed by atoms with van der Waals surface area (Å²) in [6.45, 7) is 1.74. The van der Waals surface area contributed by atoms with Gasteiger partial charge in [-0.15, -0.1) is 11.8 Å². The highest BCUT2D eigenvalue weighted by Gasteiger charge is 2.37. The SMILES string of the molecule is CSc1ccc(/C=C2/SC(=O)N(CC(=O)N3CCOCC3)C2=O)cc1. The number of nitrogens with zero attached hydrogens (tertiary/aromatic N) is 2. The van der Waals surface area contributed by atoms with E-state index in [0.29, 0.717) is 31.2 Å². The minimum atomic E-state index is -0.412. The number of carbonyl (C=O) groups excluding carboxylic acids is 3. The first kappa shape index (κ1) is 18.0. The van der Waals surface area contributed by atoms with Crippen LogP contribution in [0.5, 0.6) is 0 Å². The molecule has 2 aliphatic rings. The molecule has 2 saturated heterocycles. The number of thioether (sulfide) groups is 2. The zero-order valence-corrected chi connectivity index (χ0v) is 15.4. The molecule has 0 N–H and O–H groups in total. The van der Waals surface area contributed by atoms with Crippen molar-refractivity contribution in [2.75, 3.05) is 39.1 Å². The zero-order valence-electron chi connectivity index (χ0n) is 13.8. The molecule has 3 rings (SSSR count). The zero-order chi connectivity index (χ0) is 17.8. The van der Waals surface area contributed by atoms with Crippen molar-refractivity contribution in [2.24, 2.45) is 0 Å². The Balaban J connectivity index is 1.68. The van der Waals surface area contributed by atoms with E-state index in [1.54, 1.807) is 22.7 Å². The van der Waals surface area contributed by atoms with Gasteiger partial charge in [-0.25, -0.2) is 0 Å². The van der Waals surface area contributed by atoms with Crippen molar-refractivity contribution < 1.29 is 19.1 Å². The normalized spacial score (nSPS) is 19.8. The van der Waals surface area contributed by atoms with Crippen molar-refractivity contribution in [2.45, 2.75) is 4.90 Å². The van der Waals surface area contributed by atoms with Crippen LogP contribution in [0, 0.1) is 0 Å². The number of hydrogen-bond acceptors (Lipinski definition) is 6. The highest BCUT2D eigenvalue weighted by molar-refractivity contribution is 8.18. The Morgan fingerprint density at radius 2 is 1.92 bits per heavy atom. The van der Waals surface area contributed by atoms with Gasteiger partial charge in [-0.1, -0.05) is 12.1 Å². The fourth-order valence-corrected chi connectivity index (χ4v) is 3.78. The first-order valence-corrected chi connectivity index (χ1v) is 9.87. The molecule has 8 heteroatoms. The van der Waals surface area contributed by atoms with E-state index < -0.39 is 11.1 Å². The van der Waals surface area contributed by atoms with Crippen molar-refractivity contribution in [3.63, 3.8) is 0 Å². The molecule has 132 valence electrons. The molecule has 0 radical (unpaired) electrons. The number of rotatable bonds is 4. The summed E-state index contributed by atoms with van der Waals surface area (Å²) in [5.41, 5.74) is 0.850. The lowest BCUT2D eigenvalue weighted by molar-refractivity contribution is -0.139. The van der Waals surface area contributed by atoms with Crippen molar-refractivity contribution in [3.05, 3.63) is 34.7 Å². The predicted molar refractivity (Wildman–Crippen MR) is 98.3 cm³/mol. The second kappa shape index (κ2) is 8.07. The standard InChI is InChI=1S/C17H18N2O4S2/c1-24-13-4-2-12(3-5-13)10-14-16(21)19(17(22)25-14)11-15(20)18-6-8-23-9-7-18/h2-5,10H,6-9,11H2,1H3/b14-10+. The number of amides is 3. The van der Waals surface area contributed by atoms with Crippen LogP contribution in [0.2, 0.25) is 0 Å². The third-order valence-electron chi connectivity index (χ3n) is 3.94. The Labute approximate surface area is 154 Å². The largest absolute Gasteiger partial charge is 0.378 e. The topological polar surface area (TPSA) is 66.9 Å². The maximum atomic E-state index is 12.5. The molecule has 2 aliphatic heterocycles. The van der Waals surface area contributed by atoms with E-state index in [9.17, 15) is 14.4 Å². The van der Waals surface area contributed by atoms with Crippen LogP contribution in [0.1, 0.15) is 5.56 Å². The number of imide groups is 1. The number of benzene rings is 1. The number of carbonyl (C=O) groups is 3. The van der Waals surface area contributed by atoms with E-state index in [1.807, 2.05) is 30.5 Å². The second-order valence-corrected chi connectivity index (χ2v) is 7.41. The number of ether oxygens (including phenoxy) is 1. The Morgan fingerprint density at radius 3 is 2.56 bits per heavy atom. The molecular formula is C17H18N2O4S2. The molecule has 0 bridgehead atoms. The summed E-state index contributed by atoms with van der Waals surface area (Å²) in [7, 11) is 0. The first-order chi connectivity index (χ1) is 12.1. The summed E-state index contributed by atoms with van der Waals surface area (Å²) in [4.78, 5) is 41.0. The molecular weight excluding hydrogens is 360 g/mol. The van der Waals surface area contributed by atoms with Crippen LogP contribution >= 0.6 is 23.5 Å². The van der Waals surface area contributed by atoms with Gasteiger partial charge in [0.05, 0.1) is 18.1 Å². The molecule has 0 saturated carbocycles. The summed E-state index contributed by atoms with van der Waals surface area (Å²) in [5, 5.41) is -0.404. The van der Waals surface area contributed by atoms with Gasteiger partial charge < -0.3 is 9.64 Å². The van der Waals surface area contributed by atoms with Crippen LogP contribution in [0.25, 0.3) is 6.08 Å². The average Bonchev–Trinajstić information content (AvgIpc) is 2.90. The van der Waals surface area contributed by atoms with Gasteiger partial charge in [0, 0.05) is 18.0 Å². The Hall–Kier alpha value is -1.77. The van der Waals surface area contributed by atoms with Gasteiger partial charge in [0.25, 0.3) is 11.1 Å². The maximum absolute atomic E-state index is 12.5. The van der Waals surface area contributed by atoms with Crippen molar-refractivity contribution in [1.29, 1.82) is 0 Å². The summed E-state index contributed by atoms with van der Waals surface area (Å²) < 4.78 is 5.21. The van der Waals surface area contributed by atoms with Gasteiger partial charge in [-0.2, -0.15) is 0 Å². The minimum absolute atomic E-state index is 0.215. The third kappa shape index (κ3) is 4.26. The van der Waals surface area contributed by atoms with E-state index >= 15 is 0 Å². The number of hydrogen-bond donors (Lipinski definition) is 0. The molecule has 0 atom stereocenters. The van der Waals surface area contributed by atoms with Crippen LogP contribution in [0.3, 0.4) is 0 Å². The fraction of sp³-hybridized carbons (Fsp3) is 0.353. The molecule has 0 aliphatic carbocycles. The summed E-state index contributed by atoms with van der Waals surface area (Å²) in [5.74, 6) is -0.637. The molecule has 6 nitrogen and oxygen atoms in total. The quantitative estimate of drug-likeness (QED) is 0.592. The van der Waals surface area contributed by atoms with Crippen LogP contribution in [0.15, 0.2) is 34.1 Å². The van der Waals surface area contributed by atoms with Gasteiger partial charge in [-0.3, -0.25) is 19.3 Å². The Bertz CT molecular complexity index is 712. The predicted octanol–water partition coefficient (Wildman–Crippen LogP) is 2.30. The maximum Gasteiger partial charge on any atom is 0.294 e. The van der Waals surface area contributed by atoms with E-state index in [1.165, 1.54) is 0 Å². The smallest absolute Gasteiger partial charge is 0.294 e. The number of morpholine rings is 1. The van der Waals surface area contributed by atoms with Gasteiger partial charge in [0.15, 0.2) is 0 Å². The van der Waals surface area contributed by atoms with Crippen molar-refractivity contribution >= 4 is 46.7 Å². The molecule has 2 heterocycles. The van der Waals surface area contributed by atoms with Gasteiger partial charge in [0.1, 0.15) is 6.54 Å². The lowest BCUT2D eigenvalue weighted by Crippen LogP contribution is -2.46. The summed E-state index contributed by atoms with van der Waals surface area (Å²) in [6, 6.07) is 7.72. The summed E-state index contributed by atoms with van der Waals surface area (Å²) >= 11 is 2.51. The molecule has 0 spiro atoms. The van der Waals surface area contributed by atoms with Gasteiger partial charge in [0.2, 0.25) is 5.91 Å². The lowest BCUT2D eigenvalue weighted by atomic mass is 10.2. The van der Waals surface area contributed by atoms with Crippen LogP contribution in [0.4, 0.5) is 4.79 Å². The highest BCUT2D eigenvalue weighted by atomic mass is 32.2. The van der Waals surface area contributed by atoms with E-state index in [4.69, 9.17) is 4.74 Å². The van der Waals surface area contributed by atoms with Gasteiger partial charge in [-0.05, 0) is 41.8 Å². The molecule has 25 heavy (non-hydrogen) atoms. The van der Waals surface area contributed by atoms with E-state index in [-0.39, 0.29) is 12.5 Å². The van der Waals surface area contributed by atoms with Crippen LogP contribution in [-0.2, 0) is 14.3 Å². The van der Waals surface area contributed by atoms with Crippen molar-refractivity contribution in [3.8, 4) is 0 Å². The fourth-order valence-electron chi connectivity index (χ4n) is 2.54. The van der Waals surface area contributed by atoms with Crippen molar-refractivity contribution in [1.82, 2.24) is 9.80 Å². The second-order valence-electron chi connectivity index (χ2n) is 5.53. The lowest BCUT2D eigenvalue weighted by Gasteiger charge is -2.28. The molecule has 1 aromatic carbocycles. The molecule has 0 unspecified atom stereocenters. The Kier molecular flexibility index (Phi) is 5.82. The van der Waals surface area contributed by atoms with E-state index in [0.717, 1.165) is 27.1 Å². The molecule has 3 amide bonds. The van der Waals surface area contributed by atoms with Crippen LogP contribution < -0.4 is 0 Å². The molecule has 0 aromatic heterocycles. The highest BCUT2D eigenvalue weighted by Crippen LogP contribution is 2.32. The van der Waals surface area contributed by atoms with Gasteiger partial charge >= 0.3 is 0 Å². The minimum Gasteiger partial charge on any atom is -0.378 e. The van der Waals surface area contributed by atoms with E-state index in [2.05, 4.69) is 0 Å². The Morgan fingerprint density at radius 1 is 1.24 bits per heavy atom. The molecule has 2 fully saturated rings. The van der Waals surface area contributed by atoms with Crippen LogP contribution in [-0.4, -0.2) is 66.0 Å². The first-order valence-electron chi connectivity index (χ1n) is 7.83. The average molecular weight is 378 g/mol. The monoisotopic (exact) mass is 378 g/mol. The molecule has 1 aromatic rings.